The van der Waals surface area contributed by atoms with Crippen LogP contribution in [0.4, 0.5) is 0 Å². The molecule has 0 aromatic heterocycles. The lowest BCUT2D eigenvalue weighted by atomic mass is 10.2. The standard InChI is InChI=1S/2C4H9NO2/c2*5-3-1-7-2-4(3)6/h2*3-4,6H,1-2,5H2/t2*3-,4+/m10/s1. The van der Waals surface area contributed by atoms with Gasteiger partial charge in [0.15, 0.2) is 0 Å². The van der Waals surface area contributed by atoms with Gasteiger partial charge in [-0.3, -0.25) is 0 Å². The molecule has 2 heterocycles. The van der Waals surface area contributed by atoms with Gasteiger partial charge in [0, 0.05) is 0 Å². The first-order valence-corrected chi connectivity index (χ1v) is 4.64. The summed E-state index contributed by atoms with van der Waals surface area (Å²) >= 11 is 0. The van der Waals surface area contributed by atoms with E-state index < -0.39 is 12.2 Å². The predicted molar refractivity (Wildman–Crippen MR) is 49.6 cm³/mol. The highest BCUT2D eigenvalue weighted by molar-refractivity contribution is 4.76. The van der Waals surface area contributed by atoms with E-state index in [1.165, 1.54) is 0 Å². The summed E-state index contributed by atoms with van der Waals surface area (Å²) in [5.74, 6) is 0. The first kappa shape index (κ1) is 11.8. The second kappa shape index (κ2) is 5.59. The van der Waals surface area contributed by atoms with Crippen LogP contribution in [0.3, 0.4) is 0 Å². The van der Waals surface area contributed by atoms with Crippen LogP contribution in [0.2, 0.25) is 0 Å². The molecule has 0 aromatic rings. The molecule has 0 radical (unpaired) electrons. The van der Waals surface area contributed by atoms with Gasteiger partial charge in [0.1, 0.15) is 0 Å². The average molecular weight is 206 g/mol. The molecule has 84 valence electrons. The number of hydrogen-bond donors (Lipinski definition) is 4. The Labute approximate surface area is 82.8 Å². The first-order valence-electron chi connectivity index (χ1n) is 4.64. The van der Waals surface area contributed by atoms with Gasteiger partial charge in [-0.15, -0.1) is 0 Å². The number of rotatable bonds is 0. The van der Waals surface area contributed by atoms with E-state index in [0.717, 1.165) is 0 Å². The van der Waals surface area contributed by atoms with Gasteiger partial charge in [-0.25, -0.2) is 0 Å². The zero-order chi connectivity index (χ0) is 10.6. The van der Waals surface area contributed by atoms with Crippen LogP contribution in [0.15, 0.2) is 0 Å². The summed E-state index contributed by atoms with van der Waals surface area (Å²) in [6, 6.07) is -0.306. The summed E-state index contributed by atoms with van der Waals surface area (Å²) in [5, 5.41) is 17.5. The van der Waals surface area contributed by atoms with Crippen molar-refractivity contribution in [3.63, 3.8) is 0 Å². The molecule has 0 aromatic carbocycles. The highest BCUT2D eigenvalue weighted by Gasteiger charge is 2.21. The minimum atomic E-state index is -0.431. The van der Waals surface area contributed by atoms with Crippen molar-refractivity contribution in [3.05, 3.63) is 0 Å². The highest BCUT2D eigenvalue weighted by Crippen LogP contribution is 2.00. The van der Waals surface area contributed by atoms with E-state index in [9.17, 15) is 0 Å². The molecule has 0 aliphatic carbocycles. The lowest BCUT2D eigenvalue weighted by molar-refractivity contribution is 0.125. The number of aliphatic hydroxyl groups excluding tert-OH is 2. The predicted octanol–water partition coefficient (Wildman–Crippen LogP) is -2.59. The molecule has 6 N–H and O–H groups in total. The molecule has 0 unspecified atom stereocenters. The average Bonchev–Trinajstić information content (AvgIpc) is 2.67. The van der Waals surface area contributed by atoms with Crippen molar-refractivity contribution in [1.29, 1.82) is 0 Å². The van der Waals surface area contributed by atoms with Crippen molar-refractivity contribution >= 4 is 0 Å². The largest absolute Gasteiger partial charge is 0.389 e. The molecule has 2 aliphatic rings. The Kier molecular flexibility index (Phi) is 4.73. The van der Waals surface area contributed by atoms with Gasteiger partial charge in [0.2, 0.25) is 0 Å². The van der Waals surface area contributed by atoms with Crippen molar-refractivity contribution in [2.24, 2.45) is 11.5 Å². The van der Waals surface area contributed by atoms with Crippen LogP contribution in [0.5, 0.6) is 0 Å². The molecular weight excluding hydrogens is 188 g/mol. The van der Waals surface area contributed by atoms with Gasteiger partial charge in [-0.1, -0.05) is 0 Å². The first-order chi connectivity index (χ1) is 6.61. The van der Waals surface area contributed by atoms with Crippen molar-refractivity contribution in [2.75, 3.05) is 26.4 Å². The van der Waals surface area contributed by atoms with Crippen LogP contribution in [0.25, 0.3) is 0 Å². The molecular formula is C8H18N2O4. The molecule has 2 aliphatic heterocycles. The van der Waals surface area contributed by atoms with E-state index >= 15 is 0 Å². The molecule has 6 heteroatoms. The monoisotopic (exact) mass is 206 g/mol. The van der Waals surface area contributed by atoms with E-state index in [1.807, 2.05) is 0 Å². The third-order valence-electron chi connectivity index (χ3n) is 2.19. The summed E-state index contributed by atoms with van der Waals surface area (Å²) in [7, 11) is 0. The van der Waals surface area contributed by atoms with Gasteiger partial charge in [0.05, 0.1) is 50.7 Å². The maximum absolute atomic E-state index is 8.75. The Morgan fingerprint density at radius 3 is 1.21 bits per heavy atom. The Morgan fingerprint density at radius 1 is 0.786 bits per heavy atom. The maximum Gasteiger partial charge on any atom is 0.0946 e. The molecule has 2 saturated heterocycles. The zero-order valence-electron chi connectivity index (χ0n) is 8.00. The summed E-state index contributed by atoms with van der Waals surface area (Å²) in [6.07, 6.45) is -0.861. The summed E-state index contributed by atoms with van der Waals surface area (Å²) in [5.41, 5.74) is 10.6. The van der Waals surface area contributed by atoms with E-state index in [-0.39, 0.29) is 12.1 Å². The van der Waals surface area contributed by atoms with E-state index in [0.29, 0.717) is 26.4 Å². The smallest absolute Gasteiger partial charge is 0.0946 e. The molecule has 0 saturated carbocycles. The van der Waals surface area contributed by atoms with Crippen LogP contribution in [0.1, 0.15) is 0 Å². The van der Waals surface area contributed by atoms with Crippen LogP contribution < -0.4 is 11.5 Å². The molecule has 4 atom stereocenters. The summed E-state index contributed by atoms with van der Waals surface area (Å²) in [6.45, 7) is 1.81. The topological polar surface area (TPSA) is 111 Å². The SMILES string of the molecule is N[C@@H]1COC[C@@H]1O.N[C@H]1COC[C@H]1O. The fourth-order valence-electron chi connectivity index (χ4n) is 1.12. The minimum Gasteiger partial charge on any atom is -0.389 e. The molecule has 0 amide bonds. The van der Waals surface area contributed by atoms with Crippen molar-refractivity contribution in [1.82, 2.24) is 0 Å². The number of ether oxygens (including phenoxy) is 2. The van der Waals surface area contributed by atoms with E-state index in [1.54, 1.807) is 0 Å². The van der Waals surface area contributed by atoms with Crippen molar-refractivity contribution in [2.45, 2.75) is 24.3 Å². The Morgan fingerprint density at radius 2 is 1.14 bits per heavy atom. The molecule has 2 fully saturated rings. The van der Waals surface area contributed by atoms with Crippen molar-refractivity contribution < 1.29 is 19.7 Å². The van der Waals surface area contributed by atoms with Crippen LogP contribution in [-0.2, 0) is 9.47 Å². The number of nitrogens with two attached hydrogens (primary N) is 2. The Balaban J connectivity index is 0.000000140. The van der Waals surface area contributed by atoms with E-state index in [4.69, 9.17) is 31.2 Å². The van der Waals surface area contributed by atoms with Crippen LogP contribution in [-0.4, -0.2) is 60.9 Å². The molecule has 2 rings (SSSR count). The third kappa shape index (κ3) is 3.49. The zero-order valence-corrected chi connectivity index (χ0v) is 8.00. The number of hydrogen-bond acceptors (Lipinski definition) is 6. The normalized spacial score (nSPS) is 42.0. The second-order valence-corrected chi connectivity index (χ2v) is 3.54. The summed E-state index contributed by atoms with van der Waals surface area (Å²) < 4.78 is 9.59. The maximum atomic E-state index is 8.75. The van der Waals surface area contributed by atoms with Crippen molar-refractivity contribution in [3.8, 4) is 0 Å². The van der Waals surface area contributed by atoms with Gasteiger partial charge >= 0.3 is 0 Å². The Hall–Kier alpha value is -0.240. The fourth-order valence-corrected chi connectivity index (χ4v) is 1.12. The van der Waals surface area contributed by atoms with Crippen LogP contribution >= 0.6 is 0 Å². The number of aliphatic hydroxyl groups is 2. The van der Waals surface area contributed by atoms with Gasteiger partial charge in [-0.05, 0) is 0 Å². The lowest BCUT2D eigenvalue weighted by Crippen LogP contribution is -2.32. The van der Waals surface area contributed by atoms with Crippen LogP contribution in [0, 0.1) is 0 Å². The van der Waals surface area contributed by atoms with E-state index in [2.05, 4.69) is 0 Å². The molecule has 14 heavy (non-hydrogen) atoms. The Bertz CT molecular complexity index is 135. The minimum absolute atomic E-state index is 0.153. The highest BCUT2D eigenvalue weighted by atomic mass is 16.5. The van der Waals surface area contributed by atoms with Gasteiger partial charge in [-0.2, -0.15) is 0 Å². The quantitative estimate of drug-likeness (QED) is 0.346. The lowest BCUT2D eigenvalue weighted by Gasteiger charge is -2.01. The fraction of sp³-hybridized carbons (Fsp3) is 1.00. The van der Waals surface area contributed by atoms with Gasteiger partial charge < -0.3 is 31.2 Å². The molecule has 6 nitrogen and oxygen atoms in total. The second-order valence-electron chi connectivity index (χ2n) is 3.54. The summed E-state index contributed by atoms with van der Waals surface area (Å²) in [4.78, 5) is 0. The molecule has 0 spiro atoms. The third-order valence-corrected chi connectivity index (χ3v) is 2.19. The molecule has 0 bridgehead atoms. The van der Waals surface area contributed by atoms with Gasteiger partial charge in [0.25, 0.3) is 0 Å².